The van der Waals surface area contributed by atoms with Crippen molar-refractivity contribution < 1.29 is 5.11 Å². The van der Waals surface area contributed by atoms with Gasteiger partial charge in [-0.15, -0.1) is 0 Å². The predicted octanol–water partition coefficient (Wildman–Crippen LogP) is 2.90. The van der Waals surface area contributed by atoms with Crippen LogP contribution in [0.3, 0.4) is 0 Å². The molecule has 0 saturated carbocycles. The van der Waals surface area contributed by atoms with Gasteiger partial charge in [-0.3, -0.25) is 0 Å². The summed E-state index contributed by atoms with van der Waals surface area (Å²) in [5.74, 6) is 0. The molecule has 1 fully saturated rings. The van der Waals surface area contributed by atoms with Crippen LogP contribution in [-0.2, 0) is 0 Å². The number of aliphatic hydroxyl groups is 1. The van der Waals surface area contributed by atoms with E-state index < -0.39 is 0 Å². The third kappa shape index (κ3) is 4.85. The van der Waals surface area contributed by atoms with Crippen LogP contribution < -0.4 is 0 Å². The van der Waals surface area contributed by atoms with Gasteiger partial charge in [-0.05, 0) is 37.1 Å². The van der Waals surface area contributed by atoms with Crippen molar-refractivity contribution in [3.8, 4) is 0 Å². The van der Waals surface area contributed by atoms with E-state index in [1.54, 1.807) is 0 Å². The molecule has 0 aromatic heterocycles. The molecule has 1 aliphatic heterocycles. The topological polar surface area (TPSA) is 26.7 Å². The van der Waals surface area contributed by atoms with Crippen LogP contribution in [0, 0.1) is 0 Å². The number of piperazine rings is 1. The first-order chi connectivity index (χ1) is 9.69. The van der Waals surface area contributed by atoms with Crippen LogP contribution in [0.1, 0.15) is 31.4 Å². The summed E-state index contributed by atoms with van der Waals surface area (Å²) in [7, 11) is 0. The lowest BCUT2D eigenvalue weighted by Gasteiger charge is -2.34. The molecule has 2 rings (SSSR count). The minimum Gasteiger partial charge on any atom is -0.388 e. The average molecular weight is 341 g/mol. The summed E-state index contributed by atoms with van der Waals surface area (Å²) in [5, 5.41) is 10.2. The van der Waals surface area contributed by atoms with Gasteiger partial charge in [0, 0.05) is 37.2 Å². The Kier molecular flexibility index (Phi) is 6.49. The highest BCUT2D eigenvalue weighted by Gasteiger charge is 2.17. The number of hydrogen-bond acceptors (Lipinski definition) is 3. The molecule has 1 aromatic rings. The molecule has 1 aromatic carbocycles. The van der Waals surface area contributed by atoms with Gasteiger partial charge in [0.2, 0.25) is 0 Å². The van der Waals surface area contributed by atoms with E-state index in [0.29, 0.717) is 0 Å². The Balaban J connectivity index is 1.71. The molecular formula is C16H25BrN2O. The van der Waals surface area contributed by atoms with Gasteiger partial charge in [0.15, 0.2) is 0 Å². The molecule has 4 heteroatoms. The fourth-order valence-electron chi connectivity index (χ4n) is 2.71. The standard InChI is InChI=1S/C16H25BrN2O/c1-2-8-18-10-12-19(13-11-18)9-7-16(20)14-3-5-15(17)6-4-14/h3-6,16,20H,2,7-13H2,1H3. The lowest BCUT2D eigenvalue weighted by Crippen LogP contribution is -2.46. The molecule has 0 aliphatic carbocycles. The number of hydrogen-bond donors (Lipinski definition) is 1. The average Bonchev–Trinajstić information content (AvgIpc) is 2.47. The largest absolute Gasteiger partial charge is 0.388 e. The summed E-state index contributed by atoms with van der Waals surface area (Å²) >= 11 is 3.42. The summed E-state index contributed by atoms with van der Waals surface area (Å²) in [6.07, 6.45) is 1.70. The zero-order valence-corrected chi connectivity index (χ0v) is 13.8. The molecule has 0 spiro atoms. The Bertz CT molecular complexity index is 388. The molecule has 112 valence electrons. The first-order valence-electron chi connectivity index (χ1n) is 7.57. The number of halogens is 1. The number of nitrogens with zero attached hydrogens (tertiary/aromatic N) is 2. The van der Waals surface area contributed by atoms with Crippen LogP contribution in [0.2, 0.25) is 0 Å². The second kappa shape index (κ2) is 8.13. The Morgan fingerprint density at radius 2 is 1.60 bits per heavy atom. The Morgan fingerprint density at radius 3 is 2.15 bits per heavy atom. The van der Waals surface area contributed by atoms with Crippen LogP contribution in [0.4, 0.5) is 0 Å². The summed E-state index contributed by atoms with van der Waals surface area (Å²) in [6, 6.07) is 7.96. The molecule has 0 bridgehead atoms. The monoisotopic (exact) mass is 340 g/mol. The fourth-order valence-corrected chi connectivity index (χ4v) is 2.97. The summed E-state index contributed by atoms with van der Waals surface area (Å²) < 4.78 is 1.06. The molecule has 1 heterocycles. The van der Waals surface area contributed by atoms with Crippen LogP contribution in [-0.4, -0.2) is 54.2 Å². The van der Waals surface area contributed by atoms with E-state index in [2.05, 4.69) is 32.7 Å². The van der Waals surface area contributed by atoms with Gasteiger partial charge in [0.1, 0.15) is 0 Å². The van der Waals surface area contributed by atoms with E-state index in [0.717, 1.165) is 36.1 Å². The first kappa shape index (κ1) is 16.0. The lowest BCUT2D eigenvalue weighted by molar-refractivity contribution is 0.102. The van der Waals surface area contributed by atoms with Crippen LogP contribution in [0.5, 0.6) is 0 Å². The second-order valence-electron chi connectivity index (χ2n) is 5.54. The summed E-state index contributed by atoms with van der Waals surface area (Å²) in [4.78, 5) is 5.00. The summed E-state index contributed by atoms with van der Waals surface area (Å²) in [6.45, 7) is 9.04. The van der Waals surface area contributed by atoms with Gasteiger partial charge in [-0.25, -0.2) is 0 Å². The van der Waals surface area contributed by atoms with E-state index in [9.17, 15) is 5.11 Å². The smallest absolute Gasteiger partial charge is 0.0802 e. The predicted molar refractivity (Wildman–Crippen MR) is 86.9 cm³/mol. The van der Waals surface area contributed by atoms with Crippen molar-refractivity contribution in [1.82, 2.24) is 9.80 Å². The molecule has 1 atom stereocenters. The highest BCUT2D eigenvalue weighted by Crippen LogP contribution is 2.20. The molecule has 1 aliphatic rings. The Morgan fingerprint density at radius 1 is 1.05 bits per heavy atom. The summed E-state index contributed by atoms with van der Waals surface area (Å²) in [5.41, 5.74) is 1.01. The van der Waals surface area contributed by atoms with Gasteiger partial charge >= 0.3 is 0 Å². The molecule has 0 radical (unpaired) electrons. The van der Waals surface area contributed by atoms with Crippen LogP contribution in [0.15, 0.2) is 28.7 Å². The van der Waals surface area contributed by atoms with Crippen molar-refractivity contribution in [2.45, 2.75) is 25.9 Å². The SMILES string of the molecule is CCCN1CCN(CCC(O)c2ccc(Br)cc2)CC1. The Hall–Kier alpha value is -0.420. The fraction of sp³-hybridized carbons (Fsp3) is 0.625. The van der Waals surface area contributed by atoms with Crippen LogP contribution in [0.25, 0.3) is 0 Å². The molecule has 3 nitrogen and oxygen atoms in total. The van der Waals surface area contributed by atoms with E-state index >= 15 is 0 Å². The zero-order valence-electron chi connectivity index (χ0n) is 12.3. The van der Waals surface area contributed by atoms with Crippen molar-refractivity contribution in [2.24, 2.45) is 0 Å². The molecule has 1 unspecified atom stereocenters. The van der Waals surface area contributed by atoms with Gasteiger partial charge in [-0.2, -0.15) is 0 Å². The first-order valence-corrected chi connectivity index (χ1v) is 8.36. The minimum atomic E-state index is -0.350. The van der Waals surface area contributed by atoms with E-state index in [1.165, 1.54) is 26.1 Å². The highest BCUT2D eigenvalue weighted by atomic mass is 79.9. The van der Waals surface area contributed by atoms with Gasteiger partial charge in [0.25, 0.3) is 0 Å². The number of rotatable bonds is 6. The Labute approximate surface area is 130 Å². The van der Waals surface area contributed by atoms with E-state index in [-0.39, 0.29) is 6.10 Å². The maximum atomic E-state index is 10.2. The number of aliphatic hydroxyl groups excluding tert-OH is 1. The molecule has 0 amide bonds. The van der Waals surface area contributed by atoms with Crippen molar-refractivity contribution in [3.05, 3.63) is 34.3 Å². The van der Waals surface area contributed by atoms with Crippen molar-refractivity contribution in [2.75, 3.05) is 39.3 Å². The van der Waals surface area contributed by atoms with Crippen molar-refractivity contribution >= 4 is 15.9 Å². The molecular weight excluding hydrogens is 316 g/mol. The third-order valence-corrected chi connectivity index (χ3v) is 4.51. The van der Waals surface area contributed by atoms with Gasteiger partial charge in [-0.1, -0.05) is 35.0 Å². The molecule has 20 heavy (non-hydrogen) atoms. The van der Waals surface area contributed by atoms with E-state index in [4.69, 9.17) is 0 Å². The molecule has 1 saturated heterocycles. The normalized spacial score (nSPS) is 19.1. The van der Waals surface area contributed by atoms with Crippen molar-refractivity contribution in [3.63, 3.8) is 0 Å². The number of benzene rings is 1. The maximum Gasteiger partial charge on any atom is 0.0802 e. The zero-order chi connectivity index (χ0) is 14.4. The van der Waals surface area contributed by atoms with E-state index in [1.807, 2.05) is 24.3 Å². The third-order valence-electron chi connectivity index (χ3n) is 3.98. The van der Waals surface area contributed by atoms with Crippen molar-refractivity contribution in [1.29, 1.82) is 0 Å². The molecule has 1 N–H and O–H groups in total. The van der Waals surface area contributed by atoms with Crippen LogP contribution >= 0.6 is 15.9 Å². The second-order valence-corrected chi connectivity index (χ2v) is 6.45. The quantitative estimate of drug-likeness (QED) is 0.862. The highest BCUT2D eigenvalue weighted by molar-refractivity contribution is 9.10. The maximum absolute atomic E-state index is 10.2. The van der Waals surface area contributed by atoms with Gasteiger partial charge < -0.3 is 14.9 Å². The van der Waals surface area contributed by atoms with Gasteiger partial charge in [0.05, 0.1) is 6.10 Å². The minimum absolute atomic E-state index is 0.350. The lowest BCUT2D eigenvalue weighted by atomic mass is 10.1.